The molecule has 0 aromatic rings. The summed E-state index contributed by atoms with van der Waals surface area (Å²) >= 11 is 0. The lowest BCUT2D eigenvalue weighted by Gasteiger charge is -2.58. The molecule has 5 atom stereocenters. The van der Waals surface area contributed by atoms with Gasteiger partial charge in [-0.05, 0) is 96.7 Å². The molecule has 0 heteroatoms. The highest BCUT2D eigenvalue weighted by Gasteiger charge is 2.50. The lowest BCUT2D eigenvalue weighted by atomic mass is 9.47. The second kappa shape index (κ2) is 32.4. The van der Waals surface area contributed by atoms with Gasteiger partial charge in [-0.3, -0.25) is 0 Å². The Morgan fingerprint density at radius 2 is 1.12 bits per heavy atom. The molecular weight excluding hydrogens is 601 g/mol. The first-order chi connectivity index (χ1) is 39.2. The number of hydrogen-bond acceptors (Lipinski definition) is 0. The maximum absolute atomic E-state index is 7.58. The zero-order valence-corrected chi connectivity index (χ0v) is 32.8. The van der Waals surface area contributed by atoms with Gasteiger partial charge in [-0.2, -0.15) is 0 Å². The molecule has 5 unspecified atom stereocenters. The predicted octanol–water partition coefficient (Wildman–Crippen LogP) is 18.4. The lowest BCUT2D eigenvalue weighted by Crippen LogP contribution is -2.49. The first-order valence-corrected chi connectivity index (χ1v) is 18.9. The predicted molar refractivity (Wildman–Crippen MR) is 234 cm³/mol. The van der Waals surface area contributed by atoms with Crippen molar-refractivity contribution in [2.24, 2.45) is 64.5 Å². The molecule has 0 radical (unpaired) electrons. The van der Waals surface area contributed by atoms with Crippen LogP contribution in [0.25, 0.3) is 0 Å². The Hall–Kier alpha value is 0. The standard InChI is InChI=1S/C8H14.C8H16.C7H12.C7H14.C7H16.C6H14.C4H10.C3H8/c1-2-7-3-6-4-8(7)5-6;1-2-8-6-4-3-5-7-8;1-2-7-5-3-6(7)4-5;1-2-7-5-3-4-6-7;1-5-7(3,4)6-2;1-4-6(3)5-2;1-4(2)3;1-3-2/h6-8H,2-5H2,1H3;8H,2-7H2,1H3;5-7H,2-4H2,1H3;7H,2-6H2,1H3;5-6H2,1-4H3;6H,4-5H2,1-3H3;4H,1-3H3;3H2,1-2H3/i4*2D;1D3,2D3,3D3,5D2,6D2;1D3,2D3,4D2,5D2,6D;1D3,2D3,4D;1D3,3D2. The summed E-state index contributed by atoms with van der Waals surface area (Å²) in [5.41, 5.74) is -3.26. The van der Waals surface area contributed by atoms with E-state index in [1.54, 1.807) is 0 Å². The molecule has 8 aliphatic carbocycles. The van der Waals surface area contributed by atoms with Gasteiger partial charge in [0.05, 0.1) is 0 Å². The Labute approximate surface area is 378 Å². The maximum atomic E-state index is 7.58. The molecule has 0 aliphatic heterocycles. The Balaban J connectivity index is 0. The van der Waals surface area contributed by atoms with Crippen molar-refractivity contribution in [3.8, 4) is 0 Å². The molecule has 0 heterocycles. The van der Waals surface area contributed by atoms with Gasteiger partial charge in [0.25, 0.3) is 0 Å². The Kier molecular flexibility index (Phi) is 10.1. The van der Waals surface area contributed by atoms with Crippen molar-refractivity contribution >= 4 is 0 Å². The van der Waals surface area contributed by atoms with E-state index in [0.717, 1.165) is 61.2 Å². The van der Waals surface area contributed by atoms with E-state index in [1.807, 2.05) is 27.7 Å². The van der Waals surface area contributed by atoms with Crippen molar-refractivity contribution in [2.75, 3.05) is 0 Å². The Morgan fingerprint density at radius 3 is 1.32 bits per heavy atom. The molecule has 0 spiro atoms. The number of fused-ring (bicyclic) bond motifs is 1. The third kappa shape index (κ3) is 25.1. The maximum Gasteiger partial charge on any atom is 0.0300 e. The number of rotatable bonds is 8. The SMILES string of the molecule is [2H]C(C)C1C2CC1C2.[2H]C(C)C1CC2CC1C2.[2H]C(C)C1CCCC1.[2H]C(C)C1CCCCC1.[2H]C([2H])([2H])C([2H])(C)C([2H])([2H])[2H].[2H]C([2H])([2H])C([2H])([2H])C.[2H]C([2H])([2H])C([2H])([2H])C(C)(C([2H])([2H])[2H])C([2H])([2H])C([2H])([2H])[2H].[2H]C([2H])([2H])C([2H])([2H])C([2H])(C)C([2H])([2H])C([2H])([2H])[2H]. The van der Waals surface area contributed by atoms with Gasteiger partial charge >= 0.3 is 0 Å². The second-order valence-electron chi connectivity index (χ2n) is 14.5. The third-order valence-electron chi connectivity index (χ3n) is 10.5. The van der Waals surface area contributed by atoms with E-state index in [4.69, 9.17) is 54.8 Å². The lowest BCUT2D eigenvalue weighted by molar-refractivity contribution is -0.0819. The van der Waals surface area contributed by atoms with E-state index in [9.17, 15) is 0 Å². The molecular formula is C50H104. The minimum absolute atomic E-state index is 0.185. The van der Waals surface area contributed by atoms with Crippen LogP contribution in [-0.4, -0.2) is 0 Å². The smallest absolute Gasteiger partial charge is 0.0300 e. The monoisotopic (exact) mass is 745 g/mol. The molecule has 0 aromatic heterocycles. The topological polar surface area (TPSA) is 0 Å². The summed E-state index contributed by atoms with van der Waals surface area (Å²) in [6.07, 6.45) is 4.31. The minimum Gasteiger partial charge on any atom is -0.0656 e. The summed E-state index contributed by atoms with van der Waals surface area (Å²) in [5, 5.41) is 0. The molecule has 50 heavy (non-hydrogen) atoms. The van der Waals surface area contributed by atoms with Crippen LogP contribution < -0.4 is 0 Å². The van der Waals surface area contributed by atoms with Crippen LogP contribution in [0.15, 0.2) is 0 Å². The fraction of sp³-hybridized carbons (Fsp3) is 1.00. The molecule has 0 nitrogen and oxygen atoms in total. The number of hydrogen-bond donors (Lipinski definition) is 0. The summed E-state index contributed by atoms with van der Waals surface area (Å²) in [6.45, 7) is -13.9. The molecule has 304 valence electrons. The average Bonchev–Trinajstić information content (AvgIpc) is 4.06. The molecule has 8 rings (SSSR count). The molecule has 0 aromatic carbocycles. The molecule has 8 aliphatic rings. The molecule has 4 bridgehead atoms. The van der Waals surface area contributed by atoms with Crippen LogP contribution in [0.1, 0.15) is 312 Å². The highest BCUT2D eigenvalue weighted by atomic mass is 14.6. The van der Waals surface area contributed by atoms with Gasteiger partial charge in [0.2, 0.25) is 0 Å². The Morgan fingerprint density at radius 1 is 0.620 bits per heavy atom. The van der Waals surface area contributed by atoms with E-state index < -0.39 is 104 Å². The van der Waals surface area contributed by atoms with Gasteiger partial charge in [0.1, 0.15) is 0 Å². The van der Waals surface area contributed by atoms with Crippen molar-refractivity contribution in [1.29, 1.82) is 0 Å². The summed E-state index contributed by atoms with van der Waals surface area (Å²) < 4.78 is 284. The van der Waals surface area contributed by atoms with Gasteiger partial charge in [0, 0.05) is 54.8 Å². The van der Waals surface area contributed by atoms with Crippen LogP contribution >= 0.6 is 0 Å². The second-order valence-corrected chi connectivity index (χ2v) is 14.5. The zero-order valence-electron chi connectivity index (χ0n) is 72.8. The van der Waals surface area contributed by atoms with Crippen LogP contribution in [0.2, 0.25) is 0 Å². The van der Waals surface area contributed by atoms with Gasteiger partial charge in [-0.25, -0.2) is 0 Å². The van der Waals surface area contributed by atoms with Crippen molar-refractivity contribution in [1.82, 2.24) is 0 Å². The van der Waals surface area contributed by atoms with Crippen molar-refractivity contribution in [2.45, 2.75) is 258 Å². The minimum atomic E-state index is -3.58. The summed E-state index contributed by atoms with van der Waals surface area (Å²) in [6, 6.07) is 0. The zero-order chi connectivity index (χ0) is 72.8. The third-order valence-corrected chi connectivity index (χ3v) is 10.5. The van der Waals surface area contributed by atoms with Gasteiger partial charge in [0.15, 0.2) is 0 Å². The summed E-state index contributed by atoms with van der Waals surface area (Å²) in [4.78, 5) is 0. The molecule has 0 N–H and O–H groups in total. The van der Waals surface area contributed by atoms with Crippen LogP contribution in [0.3, 0.4) is 0 Å². The largest absolute Gasteiger partial charge is 0.0656 e. The van der Waals surface area contributed by atoms with E-state index in [0.29, 0.717) is 13.8 Å². The van der Waals surface area contributed by atoms with Gasteiger partial charge in [-0.15, -0.1) is 0 Å². The summed E-state index contributed by atoms with van der Waals surface area (Å²) in [7, 11) is 0. The average molecular weight is 746 g/mol. The van der Waals surface area contributed by atoms with Crippen LogP contribution in [0.5, 0.6) is 0 Å². The molecule has 0 saturated heterocycles. The molecule has 8 fully saturated rings. The van der Waals surface area contributed by atoms with Gasteiger partial charge in [-0.1, -0.05) is 225 Å². The molecule has 8 saturated carbocycles. The van der Waals surface area contributed by atoms with E-state index >= 15 is 0 Å². The van der Waals surface area contributed by atoms with E-state index in [2.05, 4.69) is 0 Å². The van der Waals surface area contributed by atoms with Crippen molar-refractivity contribution in [3.05, 3.63) is 0 Å². The highest BCUT2D eigenvalue weighted by molar-refractivity contribution is 5.00. The Bertz CT molecular complexity index is 1950. The quantitative estimate of drug-likeness (QED) is 0.232. The van der Waals surface area contributed by atoms with Crippen molar-refractivity contribution < 1.29 is 54.8 Å². The first kappa shape index (κ1) is 15.5. The fourth-order valence-corrected chi connectivity index (χ4v) is 7.01. The first-order valence-electron chi connectivity index (χ1n) is 39.2. The van der Waals surface area contributed by atoms with Gasteiger partial charge < -0.3 is 0 Å². The fourth-order valence-electron chi connectivity index (χ4n) is 7.01. The summed E-state index contributed by atoms with van der Waals surface area (Å²) in [5.74, 6) is 1.67. The molecule has 0 amide bonds. The van der Waals surface area contributed by atoms with E-state index in [-0.39, 0.29) is 25.6 Å². The normalized spacial score (nSPS) is 45.2. The highest BCUT2D eigenvalue weighted by Crippen LogP contribution is 2.59. The van der Waals surface area contributed by atoms with Crippen LogP contribution in [0, 0.1) is 64.5 Å². The van der Waals surface area contributed by atoms with E-state index in [1.165, 1.54) is 89.9 Å². The van der Waals surface area contributed by atoms with Crippen LogP contribution in [-0.2, 0) is 0 Å². The van der Waals surface area contributed by atoms with Crippen molar-refractivity contribution in [3.63, 3.8) is 0 Å². The van der Waals surface area contributed by atoms with Crippen LogP contribution in [0.4, 0.5) is 0 Å².